The molecule has 122 valence electrons. The Labute approximate surface area is 140 Å². The van der Waals surface area contributed by atoms with Crippen molar-refractivity contribution in [1.29, 1.82) is 0 Å². The molecular formula is C16H19ClN4O2. The third-order valence-corrected chi connectivity index (χ3v) is 3.97. The van der Waals surface area contributed by atoms with Crippen molar-refractivity contribution in [3.8, 4) is 5.69 Å². The first-order valence-electron chi connectivity index (χ1n) is 7.58. The van der Waals surface area contributed by atoms with Crippen molar-refractivity contribution in [3.63, 3.8) is 0 Å². The number of aryl methyl sites for hydroxylation is 1. The molecule has 7 heteroatoms. The molecule has 1 fully saturated rings. The molecule has 0 spiro atoms. The van der Waals surface area contributed by atoms with Crippen LogP contribution in [0, 0.1) is 6.92 Å². The van der Waals surface area contributed by atoms with Crippen LogP contribution in [0.1, 0.15) is 30.0 Å². The van der Waals surface area contributed by atoms with Crippen molar-refractivity contribution in [2.75, 3.05) is 13.1 Å². The number of nitrogens with zero attached hydrogens (tertiary/aromatic N) is 4. The number of aromatic nitrogens is 3. The van der Waals surface area contributed by atoms with Crippen LogP contribution >= 0.6 is 11.6 Å². The van der Waals surface area contributed by atoms with Crippen LogP contribution in [0.4, 0.5) is 0 Å². The number of benzene rings is 1. The molecule has 1 saturated heterocycles. The van der Waals surface area contributed by atoms with Crippen LogP contribution < -0.4 is 0 Å². The second-order valence-corrected chi connectivity index (χ2v) is 6.31. The third kappa shape index (κ3) is 3.38. The molecule has 0 saturated carbocycles. The number of hydrogen-bond donors (Lipinski definition) is 0. The van der Waals surface area contributed by atoms with E-state index in [-0.39, 0.29) is 18.1 Å². The average molecular weight is 335 g/mol. The number of ether oxygens (including phenoxy) is 1. The van der Waals surface area contributed by atoms with Gasteiger partial charge >= 0.3 is 0 Å². The lowest BCUT2D eigenvalue weighted by molar-refractivity contribution is -0.0587. The number of amides is 1. The molecule has 0 N–H and O–H groups in total. The normalized spacial score (nSPS) is 21.5. The lowest BCUT2D eigenvalue weighted by Gasteiger charge is -2.34. The number of morpholine rings is 1. The first-order valence-corrected chi connectivity index (χ1v) is 7.96. The van der Waals surface area contributed by atoms with E-state index in [1.165, 1.54) is 4.80 Å². The van der Waals surface area contributed by atoms with Gasteiger partial charge in [0.15, 0.2) is 5.69 Å². The molecule has 6 nitrogen and oxygen atoms in total. The molecule has 1 aliphatic rings. The van der Waals surface area contributed by atoms with Crippen LogP contribution in [0.2, 0.25) is 5.02 Å². The van der Waals surface area contributed by atoms with Gasteiger partial charge in [0, 0.05) is 18.1 Å². The van der Waals surface area contributed by atoms with E-state index < -0.39 is 0 Å². The fourth-order valence-corrected chi connectivity index (χ4v) is 2.97. The van der Waals surface area contributed by atoms with E-state index in [2.05, 4.69) is 10.2 Å². The fourth-order valence-electron chi connectivity index (χ4n) is 2.79. The zero-order valence-corrected chi connectivity index (χ0v) is 14.1. The minimum Gasteiger partial charge on any atom is -0.372 e. The number of hydrogen-bond acceptors (Lipinski definition) is 4. The van der Waals surface area contributed by atoms with Crippen LogP contribution in [-0.4, -0.2) is 51.1 Å². The molecule has 0 radical (unpaired) electrons. The van der Waals surface area contributed by atoms with Gasteiger partial charge in [-0.1, -0.05) is 17.7 Å². The van der Waals surface area contributed by atoms with Gasteiger partial charge in [0.1, 0.15) is 0 Å². The minimum atomic E-state index is -0.113. The van der Waals surface area contributed by atoms with Gasteiger partial charge in [0.05, 0.1) is 23.6 Å². The smallest absolute Gasteiger partial charge is 0.276 e. The molecule has 1 aromatic heterocycles. The van der Waals surface area contributed by atoms with Crippen molar-refractivity contribution in [1.82, 2.24) is 19.9 Å². The Bertz CT molecular complexity index is 721. The quantitative estimate of drug-likeness (QED) is 0.846. The SMILES string of the molecule is Cc1nn(-c2cccc(Cl)c2)nc1C(=O)N1C[C@H](C)O[C@@H](C)C1. The molecule has 2 atom stereocenters. The zero-order valence-electron chi connectivity index (χ0n) is 13.4. The summed E-state index contributed by atoms with van der Waals surface area (Å²) < 4.78 is 5.67. The van der Waals surface area contributed by atoms with Gasteiger partial charge in [-0.25, -0.2) is 0 Å². The van der Waals surface area contributed by atoms with Crippen LogP contribution in [-0.2, 0) is 4.74 Å². The van der Waals surface area contributed by atoms with Crippen LogP contribution in [0.5, 0.6) is 0 Å². The van der Waals surface area contributed by atoms with Gasteiger partial charge in [-0.2, -0.15) is 9.90 Å². The van der Waals surface area contributed by atoms with Crippen LogP contribution in [0.25, 0.3) is 5.69 Å². The third-order valence-electron chi connectivity index (χ3n) is 3.73. The van der Waals surface area contributed by atoms with Crippen molar-refractivity contribution in [2.45, 2.75) is 33.0 Å². The molecule has 2 heterocycles. The first kappa shape index (κ1) is 16.0. The van der Waals surface area contributed by atoms with Gasteiger partial charge < -0.3 is 9.64 Å². The maximum absolute atomic E-state index is 12.8. The molecule has 1 amide bonds. The van der Waals surface area contributed by atoms with Crippen LogP contribution in [0.15, 0.2) is 24.3 Å². The van der Waals surface area contributed by atoms with Gasteiger partial charge in [0.2, 0.25) is 0 Å². The summed E-state index contributed by atoms with van der Waals surface area (Å²) in [7, 11) is 0. The van der Waals surface area contributed by atoms with Gasteiger partial charge in [0.25, 0.3) is 5.91 Å². The van der Waals surface area contributed by atoms with Crippen molar-refractivity contribution in [2.24, 2.45) is 0 Å². The Kier molecular flexibility index (Phi) is 4.37. The maximum Gasteiger partial charge on any atom is 0.276 e. The van der Waals surface area contributed by atoms with E-state index in [9.17, 15) is 4.79 Å². The summed E-state index contributed by atoms with van der Waals surface area (Å²) in [6.45, 7) is 6.84. The van der Waals surface area contributed by atoms with E-state index in [4.69, 9.17) is 16.3 Å². The predicted octanol–water partition coefficient (Wildman–Crippen LogP) is 2.48. The largest absolute Gasteiger partial charge is 0.372 e. The summed E-state index contributed by atoms with van der Waals surface area (Å²) >= 11 is 6.00. The highest BCUT2D eigenvalue weighted by molar-refractivity contribution is 6.30. The second-order valence-electron chi connectivity index (χ2n) is 5.87. The lowest BCUT2D eigenvalue weighted by Crippen LogP contribution is -2.48. The van der Waals surface area contributed by atoms with Gasteiger partial charge in [-0.15, -0.1) is 5.10 Å². The van der Waals surface area contributed by atoms with Crippen molar-refractivity contribution >= 4 is 17.5 Å². The Morgan fingerprint density at radius 3 is 2.61 bits per heavy atom. The molecule has 0 aliphatic carbocycles. The highest BCUT2D eigenvalue weighted by Gasteiger charge is 2.29. The first-order chi connectivity index (χ1) is 10.9. The Morgan fingerprint density at radius 1 is 1.26 bits per heavy atom. The number of carbonyl (C=O) groups excluding carboxylic acids is 1. The standard InChI is InChI=1S/C16H19ClN4O2/c1-10-8-20(9-11(2)23-10)16(22)15-12(3)18-21(19-15)14-6-4-5-13(17)7-14/h4-7,10-11H,8-9H2,1-3H3/t10-,11-/m0/s1. The topological polar surface area (TPSA) is 60.2 Å². The second kappa shape index (κ2) is 6.29. The molecule has 3 rings (SSSR count). The summed E-state index contributed by atoms with van der Waals surface area (Å²) in [5.74, 6) is -0.113. The monoisotopic (exact) mass is 334 g/mol. The number of rotatable bonds is 2. The molecule has 1 aliphatic heterocycles. The lowest BCUT2D eigenvalue weighted by atomic mass is 10.2. The Balaban J connectivity index is 1.87. The van der Waals surface area contributed by atoms with E-state index in [0.717, 1.165) is 5.69 Å². The Hall–Kier alpha value is -1.92. The highest BCUT2D eigenvalue weighted by Crippen LogP contribution is 2.17. The summed E-state index contributed by atoms with van der Waals surface area (Å²) in [5, 5.41) is 9.30. The zero-order chi connectivity index (χ0) is 16.6. The average Bonchev–Trinajstić information content (AvgIpc) is 2.87. The molecular weight excluding hydrogens is 316 g/mol. The predicted molar refractivity (Wildman–Crippen MR) is 87.0 cm³/mol. The number of halogens is 1. The fraction of sp³-hybridized carbons (Fsp3) is 0.438. The van der Waals surface area contributed by atoms with E-state index in [0.29, 0.717) is 29.5 Å². The van der Waals surface area contributed by atoms with E-state index in [1.54, 1.807) is 24.0 Å². The van der Waals surface area contributed by atoms with Crippen molar-refractivity contribution < 1.29 is 9.53 Å². The summed E-state index contributed by atoms with van der Waals surface area (Å²) in [4.78, 5) is 16.0. The maximum atomic E-state index is 12.8. The molecule has 2 aromatic rings. The van der Waals surface area contributed by atoms with Crippen LogP contribution in [0.3, 0.4) is 0 Å². The molecule has 0 bridgehead atoms. The minimum absolute atomic E-state index is 0.0194. The summed E-state index contributed by atoms with van der Waals surface area (Å²) in [5.41, 5.74) is 1.69. The van der Waals surface area contributed by atoms with Gasteiger partial charge in [-0.3, -0.25) is 4.79 Å². The molecule has 0 unspecified atom stereocenters. The highest BCUT2D eigenvalue weighted by atomic mass is 35.5. The summed E-state index contributed by atoms with van der Waals surface area (Å²) in [6, 6.07) is 7.21. The summed E-state index contributed by atoms with van der Waals surface area (Å²) in [6.07, 6.45) is 0.0389. The number of carbonyl (C=O) groups is 1. The Morgan fingerprint density at radius 2 is 1.96 bits per heavy atom. The molecule has 1 aromatic carbocycles. The van der Waals surface area contributed by atoms with E-state index in [1.807, 2.05) is 26.0 Å². The van der Waals surface area contributed by atoms with Crippen molar-refractivity contribution in [3.05, 3.63) is 40.7 Å². The van der Waals surface area contributed by atoms with Gasteiger partial charge in [-0.05, 0) is 39.0 Å². The van der Waals surface area contributed by atoms with E-state index >= 15 is 0 Å². The molecule has 23 heavy (non-hydrogen) atoms.